The first-order chi connectivity index (χ1) is 5.70. The molecular weight excluding hydrogens is 220 g/mol. The molecule has 0 aliphatic heterocycles. The highest BCUT2D eigenvalue weighted by Gasteiger charge is 2.24. The van der Waals surface area contributed by atoms with E-state index in [1.165, 1.54) is 0 Å². The second-order valence-corrected chi connectivity index (χ2v) is 3.62. The van der Waals surface area contributed by atoms with Gasteiger partial charge in [0.05, 0.1) is 5.56 Å². The van der Waals surface area contributed by atoms with Crippen molar-refractivity contribution in [3.8, 4) is 0 Å². The lowest BCUT2D eigenvalue weighted by Gasteiger charge is -2.02. The van der Waals surface area contributed by atoms with Gasteiger partial charge in [-0.2, -0.15) is 0 Å². The lowest BCUT2D eigenvalue weighted by molar-refractivity contribution is 0.0995. The number of halogens is 1. The largest absolute Gasteiger partial charge is 0.383 e. The van der Waals surface area contributed by atoms with Gasteiger partial charge in [-0.3, -0.25) is 4.79 Å². The van der Waals surface area contributed by atoms with Gasteiger partial charge in [0.15, 0.2) is 5.78 Å². The number of carbonyl (C=O) groups excluding carboxylic acids is 1. The maximum absolute atomic E-state index is 11.3. The number of ketones is 1. The molecule has 0 saturated heterocycles. The van der Waals surface area contributed by atoms with Crippen molar-refractivity contribution in [2.75, 3.05) is 5.73 Å². The number of aromatic nitrogens is 1. The minimum absolute atomic E-state index is 0.108. The van der Waals surface area contributed by atoms with E-state index in [0.29, 0.717) is 17.8 Å². The Labute approximate surface area is 78.1 Å². The number of rotatable bonds is 0. The first-order valence-corrected chi connectivity index (χ1v) is 4.45. The fourth-order valence-electron chi connectivity index (χ4n) is 1.46. The quantitative estimate of drug-likeness (QED) is 0.731. The van der Waals surface area contributed by atoms with Crippen LogP contribution >= 0.6 is 15.9 Å². The molecule has 0 bridgehead atoms. The molecule has 0 saturated carbocycles. The number of nitrogen functional groups attached to an aromatic ring is 1. The molecule has 1 heterocycles. The Bertz CT molecular complexity index is 362. The number of nitrogens with zero attached hydrogens (tertiary/aromatic N) is 1. The molecule has 2 N–H and O–H groups in total. The Hall–Kier alpha value is -0.900. The number of carbonyl (C=O) groups is 1. The van der Waals surface area contributed by atoms with Gasteiger partial charge in [-0.05, 0) is 27.9 Å². The van der Waals surface area contributed by atoms with Crippen LogP contribution in [0.4, 0.5) is 5.82 Å². The summed E-state index contributed by atoms with van der Waals surface area (Å²) < 4.78 is 0.887. The van der Waals surface area contributed by atoms with Gasteiger partial charge in [0, 0.05) is 17.1 Å². The van der Waals surface area contributed by atoms with E-state index in [-0.39, 0.29) is 5.78 Å². The van der Waals surface area contributed by atoms with Crippen molar-refractivity contribution < 1.29 is 4.79 Å². The van der Waals surface area contributed by atoms with Crippen LogP contribution in [-0.2, 0) is 6.42 Å². The Morgan fingerprint density at radius 2 is 2.25 bits per heavy atom. The van der Waals surface area contributed by atoms with E-state index in [9.17, 15) is 4.79 Å². The van der Waals surface area contributed by atoms with Crippen LogP contribution in [0.15, 0.2) is 10.7 Å². The van der Waals surface area contributed by atoms with Crippen LogP contribution in [0.3, 0.4) is 0 Å². The number of nitrogens with two attached hydrogens (primary N) is 1. The standard InChI is InChI=1S/C8H7BrN2O/c9-5-3-11-8(10)7-4(5)1-2-6(7)12/h3H,1-2H2,(H2,10,11). The summed E-state index contributed by atoms with van der Waals surface area (Å²) in [4.78, 5) is 15.2. The zero-order valence-corrected chi connectivity index (χ0v) is 7.89. The van der Waals surface area contributed by atoms with Crippen LogP contribution in [0.1, 0.15) is 22.3 Å². The molecule has 0 fully saturated rings. The summed E-state index contributed by atoms with van der Waals surface area (Å²) >= 11 is 3.34. The Balaban J connectivity index is 2.72. The molecule has 0 unspecified atom stereocenters. The van der Waals surface area contributed by atoms with Crippen LogP contribution < -0.4 is 5.73 Å². The minimum Gasteiger partial charge on any atom is -0.383 e. The molecule has 0 aromatic carbocycles. The van der Waals surface area contributed by atoms with Gasteiger partial charge in [0.1, 0.15) is 5.82 Å². The Kier molecular flexibility index (Phi) is 1.65. The van der Waals surface area contributed by atoms with E-state index in [1.54, 1.807) is 6.20 Å². The highest BCUT2D eigenvalue weighted by Crippen LogP contribution is 2.31. The lowest BCUT2D eigenvalue weighted by Crippen LogP contribution is -2.01. The molecule has 12 heavy (non-hydrogen) atoms. The number of fused-ring (bicyclic) bond motifs is 1. The Morgan fingerprint density at radius 3 is 2.92 bits per heavy atom. The second kappa shape index (κ2) is 2.55. The average Bonchev–Trinajstić information content (AvgIpc) is 2.42. The van der Waals surface area contributed by atoms with E-state index >= 15 is 0 Å². The molecule has 4 heteroatoms. The third-order valence-electron chi connectivity index (χ3n) is 2.04. The monoisotopic (exact) mass is 226 g/mol. The van der Waals surface area contributed by atoms with E-state index in [2.05, 4.69) is 20.9 Å². The summed E-state index contributed by atoms with van der Waals surface area (Å²) in [5.74, 6) is 0.465. The molecule has 1 aliphatic rings. The van der Waals surface area contributed by atoms with Gasteiger partial charge in [0.2, 0.25) is 0 Å². The normalized spacial score (nSPS) is 14.9. The van der Waals surface area contributed by atoms with Gasteiger partial charge < -0.3 is 5.73 Å². The molecular formula is C8H7BrN2O. The molecule has 0 amide bonds. The van der Waals surface area contributed by atoms with Gasteiger partial charge in [-0.15, -0.1) is 0 Å². The first-order valence-electron chi connectivity index (χ1n) is 3.66. The van der Waals surface area contributed by atoms with Crippen LogP contribution in [0.2, 0.25) is 0 Å². The maximum atomic E-state index is 11.3. The summed E-state index contributed by atoms with van der Waals surface area (Å²) in [6.45, 7) is 0. The molecule has 1 aromatic rings. The van der Waals surface area contributed by atoms with Crippen LogP contribution in [-0.4, -0.2) is 10.8 Å². The van der Waals surface area contributed by atoms with Crippen molar-refractivity contribution in [3.63, 3.8) is 0 Å². The van der Waals surface area contributed by atoms with Crippen molar-refractivity contribution in [3.05, 3.63) is 21.8 Å². The van der Waals surface area contributed by atoms with Gasteiger partial charge in [-0.25, -0.2) is 4.98 Å². The van der Waals surface area contributed by atoms with Crippen molar-refractivity contribution in [1.29, 1.82) is 0 Å². The SMILES string of the molecule is Nc1ncc(Br)c2c1C(=O)CC2. The molecule has 1 aliphatic carbocycles. The maximum Gasteiger partial charge on any atom is 0.167 e. The zero-order valence-electron chi connectivity index (χ0n) is 6.30. The fourth-order valence-corrected chi connectivity index (χ4v) is 1.96. The summed E-state index contributed by atoms with van der Waals surface area (Å²) in [5.41, 5.74) is 7.20. The molecule has 62 valence electrons. The molecule has 0 radical (unpaired) electrons. The highest BCUT2D eigenvalue weighted by atomic mass is 79.9. The van der Waals surface area contributed by atoms with Gasteiger partial charge in [-0.1, -0.05) is 0 Å². The number of Topliss-reactive ketones (excluding diaryl/α,β-unsaturated/α-hetero) is 1. The van der Waals surface area contributed by atoms with Crippen molar-refractivity contribution in [2.45, 2.75) is 12.8 Å². The molecule has 2 rings (SSSR count). The van der Waals surface area contributed by atoms with Gasteiger partial charge >= 0.3 is 0 Å². The zero-order chi connectivity index (χ0) is 8.72. The molecule has 3 nitrogen and oxygen atoms in total. The minimum atomic E-state index is 0.108. The first kappa shape index (κ1) is 7.73. The van der Waals surface area contributed by atoms with E-state index < -0.39 is 0 Å². The van der Waals surface area contributed by atoms with Crippen LogP contribution in [0.5, 0.6) is 0 Å². The van der Waals surface area contributed by atoms with Crippen LogP contribution in [0, 0.1) is 0 Å². The average molecular weight is 227 g/mol. The second-order valence-electron chi connectivity index (χ2n) is 2.77. The number of anilines is 1. The molecule has 0 spiro atoms. The third-order valence-corrected chi connectivity index (χ3v) is 2.73. The number of pyridine rings is 1. The van der Waals surface area contributed by atoms with Crippen molar-refractivity contribution in [1.82, 2.24) is 4.98 Å². The van der Waals surface area contributed by atoms with E-state index in [0.717, 1.165) is 16.5 Å². The number of hydrogen-bond acceptors (Lipinski definition) is 3. The third kappa shape index (κ3) is 0.948. The van der Waals surface area contributed by atoms with Crippen molar-refractivity contribution >= 4 is 27.5 Å². The summed E-state index contributed by atoms with van der Waals surface area (Å²) in [6, 6.07) is 0. The summed E-state index contributed by atoms with van der Waals surface area (Å²) in [6.07, 6.45) is 2.98. The van der Waals surface area contributed by atoms with Crippen molar-refractivity contribution in [2.24, 2.45) is 0 Å². The predicted octanol–water partition coefficient (Wildman–Crippen LogP) is 1.56. The predicted molar refractivity (Wildman–Crippen MR) is 49.0 cm³/mol. The topological polar surface area (TPSA) is 56.0 Å². The van der Waals surface area contributed by atoms with Gasteiger partial charge in [0.25, 0.3) is 0 Å². The number of hydrogen-bond donors (Lipinski definition) is 1. The van der Waals surface area contributed by atoms with Crippen LogP contribution in [0.25, 0.3) is 0 Å². The Morgan fingerprint density at radius 1 is 1.50 bits per heavy atom. The van der Waals surface area contributed by atoms with E-state index in [4.69, 9.17) is 5.73 Å². The lowest BCUT2D eigenvalue weighted by atomic mass is 10.1. The van der Waals surface area contributed by atoms with E-state index in [1.807, 2.05) is 0 Å². The fraction of sp³-hybridized carbons (Fsp3) is 0.250. The molecule has 0 atom stereocenters. The molecule has 1 aromatic heterocycles. The highest BCUT2D eigenvalue weighted by molar-refractivity contribution is 9.10. The summed E-state index contributed by atoms with van der Waals surface area (Å²) in [7, 11) is 0. The summed E-state index contributed by atoms with van der Waals surface area (Å²) in [5, 5.41) is 0. The smallest absolute Gasteiger partial charge is 0.167 e.